The standard InChI is InChI=1S/C24H26N2O3S/c1-15-6-3-4-9-19(15)25-23(27)17-10-11-21-20(14-17)26-24(28)22(30-21)13-16-7-5-8-18(12-16)29-2/h5,7-8,10-15,19H,3-4,6,9H2,1-2H3,(H,25,27)(H,26,28)/b22-13+/t15-,19+/m1/s1. The second kappa shape index (κ2) is 8.96. The van der Waals surface area contributed by atoms with Crippen molar-refractivity contribution in [2.24, 2.45) is 5.92 Å². The molecular formula is C24H26N2O3S. The smallest absolute Gasteiger partial charge is 0.262 e. The van der Waals surface area contributed by atoms with E-state index in [1.807, 2.05) is 42.5 Å². The maximum Gasteiger partial charge on any atom is 0.262 e. The highest BCUT2D eigenvalue weighted by Crippen LogP contribution is 2.39. The Labute approximate surface area is 181 Å². The summed E-state index contributed by atoms with van der Waals surface area (Å²) in [6.07, 6.45) is 6.43. The predicted octanol–water partition coefficient (Wildman–Crippen LogP) is 5.09. The molecule has 0 bridgehead atoms. The van der Waals surface area contributed by atoms with Gasteiger partial charge in [-0.25, -0.2) is 0 Å². The molecule has 2 aromatic carbocycles. The Bertz CT molecular complexity index is 1000. The van der Waals surface area contributed by atoms with Crippen LogP contribution in [-0.4, -0.2) is 25.0 Å². The van der Waals surface area contributed by atoms with Gasteiger partial charge < -0.3 is 15.4 Å². The van der Waals surface area contributed by atoms with Crippen molar-refractivity contribution in [2.45, 2.75) is 43.5 Å². The molecule has 0 saturated heterocycles. The molecule has 2 atom stereocenters. The second-order valence-electron chi connectivity index (χ2n) is 7.89. The number of benzene rings is 2. The Morgan fingerprint density at radius 2 is 2.03 bits per heavy atom. The van der Waals surface area contributed by atoms with Gasteiger partial charge in [-0.3, -0.25) is 9.59 Å². The normalized spacial score (nSPS) is 22.2. The van der Waals surface area contributed by atoms with Crippen LogP contribution in [0.25, 0.3) is 6.08 Å². The summed E-state index contributed by atoms with van der Waals surface area (Å²) in [5.41, 5.74) is 2.15. The van der Waals surface area contributed by atoms with Crippen LogP contribution in [0.3, 0.4) is 0 Å². The molecule has 2 amide bonds. The van der Waals surface area contributed by atoms with Crippen LogP contribution in [0, 0.1) is 5.92 Å². The van der Waals surface area contributed by atoms with Gasteiger partial charge in [0.15, 0.2) is 0 Å². The lowest BCUT2D eigenvalue weighted by atomic mass is 9.86. The third kappa shape index (κ3) is 4.54. The number of anilines is 1. The van der Waals surface area contributed by atoms with Gasteiger partial charge in [-0.15, -0.1) is 0 Å². The monoisotopic (exact) mass is 422 g/mol. The minimum atomic E-state index is -0.172. The van der Waals surface area contributed by atoms with Gasteiger partial charge in [-0.05, 0) is 60.7 Å². The van der Waals surface area contributed by atoms with Gasteiger partial charge >= 0.3 is 0 Å². The third-order valence-corrected chi connectivity index (χ3v) is 6.85. The quantitative estimate of drug-likeness (QED) is 0.674. The van der Waals surface area contributed by atoms with Crippen LogP contribution in [0.5, 0.6) is 5.75 Å². The van der Waals surface area contributed by atoms with E-state index in [9.17, 15) is 9.59 Å². The number of ether oxygens (including phenoxy) is 1. The first-order valence-corrected chi connectivity index (χ1v) is 11.1. The van der Waals surface area contributed by atoms with Gasteiger partial charge in [-0.2, -0.15) is 0 Å². The molecule has 2 aliphatic rings. The molecule has 156 valence electrons. The summed E-state index contributed by atoms with van der Waals surface area (Å²) in [5.74, 6) is 0.996. The Morgan fingerprint density at radius 1 is 1.20 bits per heavy atom. The molecule has 1 aliphatic heterocycles. The van der Waals surface area contributed by atoms with E-state index in [1.165, 1.54) is 18.2 Å². The average Bonchev–Trinajstić information content (AvgIpc) is 2.75. The topological polar surface area (TPSA) is 67.4 Å². The molecule has 1 aliphatic carbocycles. The first kappa shape index (κ1) is 20.5. The van der Waals surface area contributed by atoms with Gasteiger partial charge in [0.1, 0.15) is 5.75 Å². The van der Waals surface area contributed by atoms with Crippen molar-refractivity contribution < 1.29 is 14.3 Å². The molecule has 1 heterocycles. The minimum absolute atomic E-state index is 0.0754. The number of hydrogen-bond donors (Lipinski definition) is 2. The van der Waals surface area contributed by atoms with E-state index >= 15 is 0 Å². The number of carbonyl (C=O) groups excluding carboxylic acids is 2. The van der Waals surface area contributed by atoms with Crippen LogP contribution in [0.15, 0.2) is 52.3 Å². The summed E-state index contributed by atoms with van der Waals surface area (Å²) < 4.78 is 5.25. The van der Waals surface area contributed by atoms with Crippen LogP contribution in [-0.2, 0) is 4.79 Å². The maximum absolute atomic E-state index is 12.7. The second-order valence-corrected chi connectivity index (χ2v) is 8.98. The van der Waals surface area contributed by atoms with Crippen molar-refractivity contribution in [3.8, 4) is 5.75 Å². The molecule has 0 radical (unpaired) electrons. The van der Waals surface area contributed by atoms with E-state index in [1.54, 1.807) is 13.2 Å². The van der Waals surface area contributed by atoms with Gasteiger partial charge in [0.05, 0.1) is 17.7 Å². The van der Waals surface area contributed by atoms with E-state index in [2.05, 4.69) is 17.6 Å². The summed E-state index contributed by atoms with van der Waals surface area (Å²) in [6.45, 7) is 2.20. The summed E-state index contributed by atoms with van der Waals surface area (Å²) in [4.78, 5) is 26.9. The zero-order valence-corrected chi connectivity index (χ0v) is 18.1. The van der Waals surface area contributed by atoms with Gasteiger partial charge in [0.25, 0.3) is 11.8 Å². The fraction of sp³-hybridized carbons (Fsp3) is 0.333. The van der Waals surface area contributed by atoms with Gasteiger partial charge in [-0.1, -0.05) is 43.7 Å². The number of nitrogens with one attached hydrogen (secondary N) is 2. The Balaban J connectivity index is 1.50. The molecule has 0 unspecified atom stereocenters. The molecule has 5 nitrogen and oxygen atoms in total. The van der Waals surface area contributed by atoms with Crippen molar-refractivity contribution in [1.29, 1.82) is 0 Å². The number of fused-ring (bicyclic) bond motifs is 1. The number of amides is 2. The lowest BCUT2D eigenvalue weighted by Gasteiger charge is -2.29. The van der Waals surface area contributed by atoms with Crippen LogP contribution in [0.1, 0.15) is 48.5 Å². The first-order chi connectivity index (χ1) is 14.5. The zero-order chi connectivity index (χ0) is 21.1. The van der Waals surface area contributed by atoms with Crippen molar-refractivity contribution in [1.82, 2.24) is 5.32 Å². The lowest BCUT2D eigenvalue weighted by molar-refractivity contribution is -0.112. The highest BCUT2D eigenvalue weighted by atomic mass is 32.2. The SMILES string of the molecule is COc1cccc(/C=C2/Sc3ccc(C(=O)N[C@H]4CCCC[C@H]4C)cc3NC2=O)c1. The molecule has 6 heteroatoms. The number of rotatable bonds is 4. The van der Waals surface area contributed by atoms with Crippen LogP contribution >= 0.6 is 11.8 Å². The summed E-state index contributed by atoms with van der Waals surface area (Å²) in [7, 11) is 1.62. The maximum atomic E-state index is 12.7. The Kier molecular flexibility index (Phi) is 6.13. The van der Waals surface area contributed by atoms with Gasteiger partial charge in [0.2, 0.25) is 0 Å². The Hall–Kier alpha value is -2.73. The molecule has 30 heavy (non-hydrogen) atoms. The van der Waals surface area contributed by atoms with Gasteiger partial charge in [0, 0.05) is 16.5 Å². The highest BCUT2D eigenvalue weighted by molar-refractivity contribution is 8.04. The van der Waals surface area contributed by atoms with E-state index < -0.39 is 0 Å². The number of thioether (sulfide) groups is 1. The van der Waals surface area contributed by atoms with Crippen LogP contribution in [0.4, 0.5) is 5.69 Å². The summed E-state index contributed by atoms with van der Waals surface area (Å²) >= 11 is 1.41. The summed E-state index contributed by atoms with van der Waals surface area (Å²) in [5, 5.41) is 6.10. The van der Waals surface area contributed by atoms with Crippen LogP contribution in [0.2, 0.25) is 0 Å². The van der Waals surface area contributed by atoms with E-state index in [0.717, 1.165) is 35.5 Å². The molecular weight excluding hydrogens is 396 g/mol. The molecule has 0 spiro atoms. The van der Waals surface area contributed by atoms with E-state index in [4.69, 9.17) is 4.74 Å². The Morgan fingerprint density at radius 3 is 2.83 bits per heavy atom. The van der Waals surface area contributed by atoms with E-state index in [-0.39, 0.29) is 17.9 Å². The number of hydrogen-bond acceptors (Lipinski definition) is 4. The predicted molar refractivity (Wildman–Crippen MR) is 121 cm³/mol. The molecule has 4 rings (SSSR count). The third-order valence-electron chi connectivity index (χ3n) is 5.75. The van der Waals surface area contributed by atoms with Crippen molar-refractivity contribution in [2.75, 3.05) is 12.4 Å². The van der Waals surface area contributed by atoms with Crippen molar-refractivity contribution in [3.05, 3.63) is 58.5 Å². The molecule has 0 aromatic heterocycles. The minimum Gasteiger partial charge on any atom is -0.497 e. The fourth-order valence-corrected chi connectivity index (χ4v) is 4.90. The zero-order valence-electron chi connectivity index (χ0n) is 17.2. The first-order valence-electron chi connectivity index (χ1n) is 10.3. The van der Waals surface area contributed by atoms with Crippen molar-refractivity contribution >= 4 is 35.3 Å². The molecule has 2 N–H and O–H groups in total. The fourth-order valence-electron chi connectivity index (χ4n) is 3.97. The average molecular weight is 423 g/mol. The van der Waals surface area contributed by atoms with E-state index in [0.29, 0.717) is 22.1 Å². The highest BCUT2D eigenvalue weighted by Gasteiger charge is 2.25. The summed E-state index contributed by atoms with van der Waals surface area (Å²) in [6, 6.07) is 13.3. The number of methoxy groups -OCH3 is 1. The number of carbonyl (C=O) groups is 2. The lowest BCUT2D eigenvalue weighted by Crippen LogP contribution is -2.41. The molecule has 2 aromatic rings. The molecule has 1 fully saturated rings. The van der Waals surface area contributed by atoms with Crippen LogP contribution < -0.4 is 15.4 Å². The largest absolute Gasteiger partial charge is 0.497 e. The van der Waals surface area contributed by atoms with Crippen molar-refractivity contribution in [3.63, 3.8) is 0 Å². The molecule has 1 saturated carbocycles.